The van der Waals surface area contributed by atoms with Crippen LogP contribution in [0, 0.1) is 0 Å². The molecule has 0 aromatic carbocycles. The molecule has 1 amide bonds. The molecule has 1 aliphatic rings. The molecule has 0 radical (unpaired) electrons. The van der Waals surface area contributed by atoms with Crippen LogP contribution in [0.15, 0.2) is 12.2 Å². The molecule has 7 atom stereocenters. The van der Waals surface area contributed by atoms with E-state index in [0.717, 1.165) is 38.5 Å². The number of amides is 1. The third-order valence-corrected chi connectivity index (χ3v) is 14.1. The topological polar surface area (TPSA) is 149 Å². The van der Waals surface area contributed by atoms with Crippen LogP contribution in [-0.2, 0) is 14.3 Å². The highest BCUT2D eigenvalue weighted by atomic mass is 16.7. The molecule has 1 fully saturated rings. The third-order valence-electron chi connectivity index (χ3n) is 14.1. The molecule has 1 saturated heterocycles. The van der Waals surface area contributed by atoms with Gasteiger partial charge in [0.05, 0.1) is 25.4 Å². The molecule has 0 aromatic heterocycles. The Morgan fingerprint density at radius 2 is 0.833 bits per heavy atom. The normalized spacial score (nSPS) is 19.8. The van der Waals surface area contributed by atoms with Crippen molar-refractivity contribution in [1.82, 2.24) is 5.32 Å². The van der Waals surface area contributed by atoms with Crippen LogP contribution in [0.1, 0.15) is 290 Å². The highest BCUT2D eigenvalue weighted by Gasteiger charge is 2.44. The number of rotatable bonds is 50. The van der Waals surface area contributed by atoms with Crippen molar-refractivity contribution < 1.29 is 39.8 Å². The summed E-state index contributed by atoms with van der Waals surface area (Å²) in [5.74, 6) is -0.170. The maximum atomic E-state index is 13.1. The van der Waals surface area contributed by atoms with Gasteiger partial charge in [-0.25, -0.2) is 0 Å². The van der Waals surface area contributed by atoms with Crippen molar-refractivity contribution in [1.29, 1.82) is 0 Å². The van der Waals surface area contributed by atoms with Crippen LogP contribution in [0.2, 0.25) is 0 Å². The van der Waals surface area contributed by atoms with E-state index in [2.05, 4.69) is 19.2 Å². The maximum absolute atomic E-state index is 13.1. The van der Waals surface area contributed by atoms with E-state index in [0.29, 0.717) is 6.42 Å². The minimum atomic E-state index is -1.56. The van der Waals surface area contributed by atoms with Crippen molar-refractivity contribution in [3.63, 3.8) is 0 Å². The zero-order valence-electron chi connectivity index (χ0n) is 43.5. The van der Waals surface area contributed by atoms with Gasteiger partial charge in [-0.2, -0.15) is 0 Å². The first kappa shape index (κ1) is 62.9. The Morgan fingerprint density at radius 3 is 1.18 bits per heavy atom. The van der Waals surface area contributed by atoms with Crippen molar-refractivity contribution in [2.75, 3.05) is 13.2 Å². The van der Waals surface area contributed by atoms with E-state index in [4.69, 9.17) is 9.47 Å². The van der Waals surface area contributed by atoms with E-state index in [1.54, 1.807) is 6.08 Å². The van der Waals surface area contributed by atoms with Crippen molar-refractivity contribution in [3.8, 4) is 0 Å². The van der Waals surface area contributed by atoms with Crippen LogP contribution >= 0.6 is 0 Å². The number of hydrogen-bond donors (Lipinski definition) is 6. The number of unbranched alkanes of at least 4 members (excludes halogenated alkanes) is 40. The molecule has 7 unspecified atom stereocenters. The van der Waals surface area contributed by atoms with Crippen LogP contribution in [0.3, 0.4) is 0 Å². The first-order valence-corrected chi connectivity index (χ1v) is 28.9. The Morgan fingerprint density at radius 1 is 0.500 bits per heavy atom. The highest BCUT2D eigenvalue weighted by molar-refractivity contribution is 5.76. The molecule has 392 valence electrons. The Labute approximate surface area is 407 Å². The van der Waals surface area contributed by atoms with Gasteiger partial charge < -0.3 is 40.3 Å². The lowest BCUT2D eigenvalue weighted by atomic mass is 9.99. The number of carbonyl (C=O) groups excluding carboxylic acids is 1. The first-order chi connectivity index (χ1) is 32.3. The smallest absolute Gasteiger partial charge is 0.220 e. The Kier molecular flexibility index (Phi) is 45.4. The Hall–Kier alpha value is -1.07. The van der Waals surface area contributed by atoms with Crippen molar-refractivity contribution >= 4 is 5.91 Å². The largest absolute Gasteiger partial charge is 0.394 e. The first-order valence-electron chi connectivity index (χ1n) is 28.9. The molecular weight excluding hydrogens is 827 g/mol. The summed E-state index contributed by atoms with van der Waals surface area (Å²) in [7, 11) is 0. The molecule has 1 heterocycles. The molecule has 9 nitrogen and oxygen atoms in total. The molecule has 1 rings (SSSR count). The van der Waals surface area contributed by atoms with Crippen molar-refractivity contribution in [3.05, 3.63) is 12.2 Å². The van der Waals surface area contributed by atoms with Gasteiger partial charge in [0.25, 0.3) is 0 Å². The van der Waals surface area contributed by atoms with Gasteiger partial charge in [0.15, 0.2) is 6.29 Å². The molecule has 0 aliphatic carbocycles. The Balaban J connectivity index is 2.22. The van der Waals surface area contributed by atoms with Crippen molar-refractivity contribution in [2.45, 2.75) is 333 Å². The molecular formula is C57H111NO8. The minimum Gasteiger partial charge on any atom is -0.394 e. The van der Waals surface area contributed by atoms with Gasteiger partial charge in [0.1, 0.15) is 24.4 Å². The summed E-state index contributed by atoms with van der Waals surface area (Å²) in [5, 5.41) is 54.5. The molecule has 0 saturated carbocycles. The fraction of sp³-hybridized carbons (Fsp3) is 0.947. The second kappa shape index (κ2) is 47.6. The standard InChI is InChI=1S/C57H111NO8/c1-3-5-7-9-11-13-15-17-19-21-23-25-26-27-29-31-33-35-37-39-41-43-45-47-53(61)58-50(49-65-57-56(64)55(63)54(62)52(48-59)66-57)51(60)46-44-42-40-38-36-34-32-30-28-24-22-20-18-16-14-12-10-8-6-4-2/h44,46,50-52,54-57,59-60,62-64H,3-43,45,47-49H2,1-2H3,(H,58,61)/b46-44+. The molecule has 6 N–H and O–H groups in total. The number of ether oxygens (including phenoxy) is 2. The van der Waals surface area contributed by atoms with Crippen LogP contribution in [0.5, 0.6) is 0 Å². The average molecular weight is 939 g/mol. The van der Waals surface area contributed by atoms with E-state index in [1.165, 1.54) is 231 Å². The zero-order valence-corrected chi connectivity index (χ0v) is 43.5. The molecule has 9 heteroatoms. The fourth-order valence-corrected chi connectivity index (χ4v) is 9.51. The van der Waals surface area contributed by atoms with Crippen LogP contribution in [0.4, 0.5) is 0 Å². The Bertz CT molecular complexity index is 1040. The maximum Gasteiger partial charge on any atom is 0.220 e. The van der Waals surface area contributed by atoms with E-state index >= 15 is 0 Å². The van der Waals surface area contributed by atoms with Crippen LogP contribution < -0.4 is 5.32 Å². The van der Waals surface area contributed by atoms with Gasteiger partial charge in [0.2, 0.25) is 5.91 Å². The van der Waals surface area contributed by atoms with Gasteiger partial charge in [0, 0.05) is 6.42 Å². The number of aliphatic hydroxyl groups is 5. The summed E-state index contributed by atoms with van der Waals surface area (Å²) >= 11 is 0. The summed E-state index contributed by atoms with van der Waals surface area (Å²) in [6, 6.07) is -0.800. The highest BCUT2D eigenvalue weighted by Crippen LogP contribution is 2.23. The summed E-state index contributed by atoms with van der Waals surface area (Å²) in [6.45, 7) is 3.82. The van der Waals surface area contributed by atoms with E-state index in [1.807, 2.05) is 6.08 Å². The molecule has 1 aliphatic heterocycles. The number of aliphatic hydroxyl groups excluding tert-OH is 5. The quantitative estimate of drug-likeness (QED) is 0.0261. The number of allylic oxidation sites excluding steroid dienone is 1. The summed E-state index contributed by atoms with van der Waals surface area (Å²) in [4.78, 5) is 13.1. The summed E-state index contributed by atoms with van der Waals surface area (Å²) in [6.07, 6.45) is 51.3. The predicted molar refractivity (Wildman–Crippen MR) is 277 cm³/mol. The van der Waals surface area contributed by atoms with E-state index < -0.39 is 49.5 Å². The van der Waals surface area contributed by atoms with Gasteiger partial charge in [-0.3, -0.25) is 4.79 Å². The number of carbonyl (C=O) groups is 1. The van der Waals surface area contributed by atoms with Gasteiger partial charge in [-0.05, 0) is 19.3 Å². The van der Waals surface area contributed by atoms with E-state index in [9.17, 15) is 30.3 Å². The lowest BCUT2D eigenvalue weighted by molar-refractivity contribution is -0.302. The molecule has 0 bridgehead atoms. The van der Waals surface area contributed by atoms with Gasteiger partial charge in [-0.1, -0.05) is 276 Å². The van der Waals surface area contributed by atoms with Gasteiger partial charge in [-0.15, -0.1) is 0 Å². The summed E-state index contributed by atoms with van der Waals surface area (Å²) < 4.78 is 11.3. The van der Waals surface area contributed by atoms with E-state index in [-0.39, 0.29) is 12.5 Å². The minimum absolute atomic E-state index is 0.170. The van der Waals surface area contributed by atoms with Gasteiger partial charge >= 0.3 is 0 Å². The fourth-order valence-electron chi connectivity index (χ4n) is 9.51. The van der Waals surface area contributed by atoms with Crippen molar-refractivity contribution in [2.24, 2.45) is 0 Å². The molecule has 0 spiro atoms. The van der Waals surface area contributed by atoms with Crippen LogP contribution in [-0.4, -0.2) is 87.5 Å². The molecule has 0 aromatic rings. The molecule has 66 heavy (non-hydrogen) atoms. The van der Waals surface area contributed by atoms with Crippen LogP contribution in [0.25, 0.3) is 0 Å². The second-order valence-corrected chi connectivity index (χ2v) is 20.5. The number of hydrogen-bond acceptors (Lipinski definition) is 8. The second-order valence-electron chi connectivity index (χ2n) is 20.5. The lowest BCUT2D eigenvalue weighted by Crippen LogP contribution is -2.60. The number of nitrogens with one attached hydrogen (secondary N) is 1. The SMILES string of the molecule is CCCCCCCCCCCCCCCCCCCC/C=C/C(O)C(COC1OC(CO)C(O)C(O)C1O)NC(=O)CCCCCCCCCCCCCCCCCCCCCCCCC. The third kappa shape index (κ3) is 36.9. The zero-order chi connectivity index (χ0) is 48.0. The average Bonchev–Trinajstić information content (AvgIpc) is 3.32. The predicted octanol–water partition coefficient (Wildman–Crippen LogP) is 14.0. The lowest BCUT2D eigenvalue weighted by Gasteiger charge is -2.40. The monoisotopic (exact) mass is 938 g/mol. The summed E-state index contributed by atoms with van der Waals surface area (Å²) in [5.41, 5.74) is 0.